The molecular formula is C6H7N3O3S. The molecule has 6 nitrogen and oxygen atoms in total. The van der Waals surface area contributed by atoms with Crippen molar-refractivity contribution in [3.05, 3.63) is 12.0 Å². The van der Waals surface area contributed by atoms with Crippen LogP contribution in [0.15, 0.2) is 15.6 Å². The Balaban J connectivity index is 3.31. The predicted molar refractivity (Wildman–Crippen MR) is 43.3 cm³/mol. The third-order valence-corrected chi connectivity index (χ3v) is 2.55. The van der Waals surface area contributed by atoms with Gasteiger partial charge in [0.05, 0.1) is 0 Å². The average molecular weight is 201 g/mol. The quantitative estimate of drug-likeness (QED) is 0.488. The lowest BCUT2D eigenvalue weighted by atomic mass is 10.7. The number of hydrogen-bond acceptors (Lipinski definition) is 4. The first-order chi connectivity index (χ1) is 5.97. The molecule has 0 spiro atoms. The zero-order chi connectivity index (χ0) is 10.1. The molecule has 0 aliphatic rings. The zero-order valence-corrected chi connectivity index (χ0v) is 7.87. The van der Waals surface area contributed by atoms with E-state index >= 15 is 0 Å². The van der Waals surface area contributed by atoms with E-state index in [4.69, 9.17) is 0 Å². The van der Waals surface area contributed by atoms with Crippen LogP contribution in [0.25, 0.3) is 0 Å². The molecule has 0 amide bonds. The van der Waals surface area contributed by atoms with Crippen LogP contribution in [0.1, 0.15) is 5.82 Å². The minimum Gasteiger partial charge on any atom is -0.337 e. The highest BCUT2D eigenvalue weighted by Crippen LogP contribution is 2.09. The molecular weight excluding hydrogens is 194 g/mol. The number of hydrogen-bond donors (Lipinski definition) is 0. The first-order valence-corrected chi connectivity index (χ1v) is 4.75. The van der Waals surface area contributed by atoms with Crippen molar-refractivity contribution >= 4 is 16.1 Å². The van der Waals surface area contributed by atoms with Crippen molar-refractivity contribution in [3.8, 4) is 0 Å². The summed E-state index contributed by atoms with van der Waals surface area (Å²) in [5.74, 6) is 0.527. The Kier molecular flexibility index (Phi) is 2.31. The maximum atomic E-state index is 11.1. The van der Waals surface area contributed by atoms with E-state index < -0.39 is 10.0 Å². The minimum atomic E-state index is -3.94. The monoisotopic (exact) mass is 201 g/mol. The van der Waals surface area contributed by atoms with Crippen LogP contribution in [-0.2, 0) is 21.9 Å². The van der Waals surface area contributed by atoms with Crippen molar-refractivity contribution in [2.24, 2.45) is 11.4 Å². The second-order valence-electron chi connectivity index (χ2n) is 2.39. The molecule has 1 aromatic rings. The molecule has 0 bridgehead atoms. The second-order valence-corrected chi connectivity index (χ2v) is 3.95. The van der Waals surface area contributed by atoms with E-state index in [0.29, 0.717) is 5.82 Å². The number of nitrogens with zero attached hydrogens (tertiary/aromatic N) is 3. The fourth-order valence-electron chi connectivity index (χ4n) is 0.746. The van der Waals surface area contributed by atoms with E-state index in [1.165, 1.54) is 10.8 Å². The Morgan fingerprint density at radius 2 is 2.23 bits per heavy atom. The SMILES string of the molecule is Cc1nc(S(=O)(=O)N=C=O)cn1C. The van der Waals surface area contributed by atoms with Gasteiger partial charge in [-0.25, -0.2) is 9.78 Å². The van der Waals surface area contributed by atoms with Crippen molar-refractivity contribution in [2.75, 3.05) is 0 Å². The Labute approximate surface area is 75.0 Å². The maximum Gasteiger partial charge on any atom is 0.311 e. The molecule has 0 saturated heterocycles. The molecule has 7 heteroatoms. The first-order valence-electron chi connectivity index (χ1n) is 3.31. The summed E-state index contributed by atoms with van der Waals surface area (Å²) in [6.07, 6.45) is 2.26. The number of aryl methyl sites for hydroxylation is 2. The second kappa shape index (κ2) is 3.12. The Morgan fingerprint density at radius 1 is 1.62 bits per heavy atom. The van der Waals surface area contributed by atoms with Crippen LogP contribution in [0.4, 0.5) is 0 Å². The van der Waals surface area contributed by atoms with Gasteiger partial charge in [0, 0.05) is 13.2 Å². The number of isocyanates is 1. The van der Waals surface area contributed by atoms with Gasteiger partial charge in [0.1, 0.15) is 5.82 Å². The van der Waals surface area contributed by atoms with Crippen molar-refractivity contribution in [2.45, 2.75) is 11.9 Å². The molecule has 0 saturated carbocycles. The summed E-state index contributed by atoms with van der Waals surface area (Å²) in [5.41, 5.74) is 0. The summed E-state index contributed by atoms with van der Waals surface area (Å²) < 4.78 is 26.4. The van der Waals surface area contributed by atoms with Crippen LogP contribution < -0.4 is 0 Å². The molecule has 13 heavy (non-hydrogen) atoms. The van der Waals surface area contributed by atoms with Gasteiger partial charge in [0.25, 0.3) is 6.08 Å². The summed E-state index contributed by atoms with van der Waals surface area (Å²) in [4.78, 5) is 13.5. The molecule has 0 radical (unpaired) electrons. The minimum absolute atomic E-state index is 0.240. The summed E-state index contributed by atoms with van der Waals surface area (Å²) in [7, 11) is -2.30. The van der Waals surface area contributed by atoms with Crippen LogP contribution in [0.3, 0.4) is 0 Å². The smallest absolute Gasteiger partial charge is 0.311 e. The highest BCUT2D eigenvalue weighted by Gasteiger charge is 2.16. The predicted octanol–water partition coefficient (Wildman–Crippen LogP) is -0.247. The molecule has 0 N–H and O–H groups in total. The molecule has 0 unspecified atom stereocenters. The van der Waals surface area contributed by atoms with Crippen LogP contribution in [0, 0.1) is 6.92 Å². The van der Waals surface area contributed by atoms with E-state index in [9.17, 15) is 13.2 Å². The lowest BCUT2D eigenvalue weighted by molar-refractivity contribution is 0.563. The van der Waals surface area contributed by atoms with E-state index in [0.717, 1.165) is 6.08 Å². The highest BCUT2D eigenvalue weighted by molar-refractivity contribution is 7.90. The highest BCUT2D eigenvalue weighted by atomic mass is 32.2. The molecule has 1 rings (SSSR count). The van der Waals surface area contributed by atoms with Gasteiger partial charge in [0.2, 0.25) is 0 Å². The fraction of sp³-hybridized carbons (Fsp3) is 0.333. The van der Waals surface area contributed by atoms with Crippen molar-refractivity contribution in [1.29, 1.82) is 0 Å². The number of sulfonamides is 1. The van der Waals surface area contributed by atoms with Gasteiger partial charge in [-0.05, 0) is 6.92 Å². The number of rotatable bonds is 2. The molecule has 1 heterocycles. The van der Waals surface area contributed by atoms with Gasteiger partial charge in [-0.1, -0.05) is 4.40 Å². The molecule has 0 atom stereocenters. The summed E-state index contributed by atoms with van der Waals surface area (Å²) in [6, 6.07) is 0. The lowest BCUT2D eigenvalue weighted by Crippen LogP contribution is -1.96. The maximum absolute atomic E-state index is 11.1. The summed E-state index contributed by atoms with van der Waals surface area (Å²) in [6.45, 7) is 1.64. The first kappa shape index (κ1) is 9.63. The van der Waals surface area contributed by atoms with Crippen LogP contribution in [0.2, 0.25) is 0 Å². The molecule has 0 fully saturated rings. The van der Waals surface area contributed by atoms with Crippen molar-refractivity contribution in [1.82, 2.24) is 9.55 Å². The van der Waals surface area contributed by atoms with E-state index in [-0.39, 0.29) is 5.03 Å². The van der Waals surface area contributed by atoms with Crippen molar-refractivity contribution < 1.29 is 13.2 Å². The topological polar surface area (TPSA) is 81.4 Å². The normalized spacial score (nSPS) is 10.9. The van der Waals surface area contributed by atoms with Crippen LogP contribution in [-0.4, -0.2) is 24.0 Å². The van der Waals surface area contributed by atoms with Gasteiger partial charge in [-0.2, -0.15) is 8.42 Å². The fourth-order valence-corrected chi connectivity index (χ4v) is 1.48. The summed E-state index contributed by atoms with van der Waals surface area (Å²) >= 11 is 0. The molecule has 0 aliphatic carbocycles. The van der Waals surface area contributed by atoms with E-state index in [1.54, 1.807) is 14.0 Å². The largest absolute Gasteiger partial charge is 0.337 e. The Hall–Kier alpha value is -1.46. The van der Waals surface area contributed by atoms with Gasteiger partial charge >= 0.3 is 10.0 Å². The summed E-state index contributed by atoms with van der Waals surface area (Å²) in [5, 5.41) is -0.240. The van der Waals surface area contributed by atoms with Crippen molar-refractivity contribution in [3.63, 3.8) is 0 Å². The Morgan fingerprint density at radius 3 is 2.62 bits per heavy atom. The third kappa shape index (κ3) is 1.82. The standard InChI is InChI=1S/C6H7N3O3S/c1-5-8-6(3-9(5)2)13(11,12)7-4-10/h3H,1-2H3. The molecule has 0 aromatic carbocycles. The van der Waals surface area contributed by atoms with E-state index in [2.05, 4.69) is 9.38 Å². The number of aromatic nitrogens is 2. The number of imidazole rings is 1. The van der Waals surface area contributed by atoms with Gasteiger partial charge in [-0.3, -0.25) is 0 Å². The van der Waals surface area contributed by atoms with Crippen LogP contribution in [0.5, 0.6) is 0 Å². The van der Waals surface area contributed by atoms with E-state index in [1.807, 2.05) is 0 Å². The molecule has 0 aliphatic heterocycles. The number of carbonyl (C=O) groups excluding carboxylic acids is 1. The van der Waals surface area contributed by atoms with Crippen LogP contribution >= 0.6 is 0 Å². The lowest BCUT2D eigenvalue weighted by Gasteiger charge is -1.87. The third-order valence-electron chi connectivity index (χ3n) is 1.51. The average Bonchev–Trinajstić information content (AvgIpc) is 2.33. The van der Waals surface area contributed by atoms with Gasteiger partial charge in [-0.15, -0.1) is 0 Å². The zero-order valence-electron chi connectivity index (χ0n) is 7.05. The van der Waals surface area contributed by atoms with Gasteiger partial charge < -0.3 is 4.57 Å². The molecule has 1 aromatic heterocycles. The Bertz CT molecular complexity index is 448. The van der Waals surface area contributed by atoms with Gasteiger partial charge in [0.15, 0.2) is 5.03 Å². The molecule has 70 valence electrons.